The second-order valence-electron chi connectivity index (χ2n) is 1.98. The third-order valence-electron chi connectivity index (χ3n) is 1.04. The zero-order chi connectivity index (χ0) is 8.27. The van der Waals surface area contributed by atoms with Crippen molar-refractivity contribution in [1.82, 2.24) is 10.2 Å². The van der Waals surface area contributed by atoms with Crippen LogP contribution in [0.3, 0.4) is 0 Å². The Morgan fingerprint density at radius 2 is 2.45 bits per heavy atom. The maximum atomic E-state index is 10.2. The molecule has 0 bridgehead atoms. The van der Waals surface area contributed by atoms with E-state index < -0.39 is 5.91 Å². The van der Waals surface area contributed by atoms with Crippen molar-refractivity contribution in [2.45, 2.75) is 0 Å². The summed E-state index contributed by atoms with van der Waals surface area (Å²) < 4.78 is 0. The highest BCUT2D eigenvalue weighted by atomic mass is 16.1. The number of nitrogens with two attached hydrogens (primary N) is 2. The van der Waals surface area contributed by atoms with Gasteiger partial charge in [-0.05, 0) is 6.08 Å². The zero-order valence-electron chi connectivity index (χ0n) is 5.74. The van der Waals surface area contributed by atoms with Gasteiger partial charge in [-0.15, -0.1) is 0 Å². The molecule has 58 valence electrons. The molecule has 5 N–H and O–H groups in total. The fourth-order valence-electron chi connectivity index (χ4n) is 0.610. The molecule has 0 atom stereocenters. The van der Waals surface area contributed by atoms with Gasteiger partial charge in [-0.3, -0.25) is 9.89 Å². The summed E-state index contributed by atoms with van der Waals surface area (Å²) in [6, 6.07) is 1.60. The van der Waals surface area contributed by atoms with Gasteiger partial charge in [0.1, 0.15) is 5.82 Å². The maximum absolute atomic E-state index is 10.2. The Balaban J connectivity index is 2.71. The number of hydrogen-bond donors (Lipinski definition) is 3. The number of carbonyl (C=O) groups excluding carboxylic acids is 1. The van der Waals surface area contributed by atoms with Gasteiger partial charge in [0.25, 0.3) is 0 Å². The van der Waals surface area contributed by atoms with E-state index in [0.717, 1.165) is 0 Å². The Kier molecular flexibility index (Phi) is 1.91. The van der Waals surface area contributed by atoms with Crippen molar-refractivity contribution in [3.8, 4) is 0 Å². The van der Waals surface area contributed by atoms with Gasteiger partial charge >= 0.3 is 0 Å². The first kappa shape index (κ1) is 7.33. The van der Waals surface area contributed by atoms with Crippen molar-refractivity contribution in [3.63, 3.8) is 0 Å². The van der Waals surface area contributed by atoms with E-state index in [4.69, 9.17) is 11.5 Å². The predicted octanol–water partition coefficient (Wildman–Crippen LogP) is -0.510. The summed E-state index contributed by atoms with van der Waals surface area (Å²) in [5, 5.41) is 6.24. The first-order valence-electron chi connectivity index (χ1n) is 2.97. The topological polar surface area (TPSA) is 97.8 Å². The number of primary amides is 1. The molecule has 0 spiro atoms. The predicted molar refractivity (Wildman–Crippen MR) is 41.2 cm³/mol. The monoisotopic (exact) mass is 152 g/mol. The minimum Gasteiger partial charge on any atom is -0.382 e. The van der Waals surface area contributed by atoms with E-state index in [1.54, 1.807) is 6.07 Å². The van der Waals surface area contributed by atoms with Crippen molar-refractivity contribution >= 4 is 17.8 Å². The Bertz CT molecular complexity index is 289. The van der Waals surface area contributed by atoms with Gasteiger partial charge in [0.2, 0.25) is 5.91 Å². The van der Waals surface area contributed by atoms with E-state index in [0.29, 0.717) is 11.5 Å². The molecule has 0 saturated carbocycles. The number of amides is 1. The van der Waals surface area contributed by atoms with E-state index in [2.05, 4.69) is 10.2 Å². The molecule has 1 aromatic rings. The summed E-state index contributed by atoms with van der Waals surface area (Å²) in [7, 11) is 0. The molecule has 5 heteroatoms. The largest absolute Gasteiger partial charge is 0.382 e. The lowest BCUT2D eigenvalue weighted by Crippen LogP contribution is -2.05. The lowest BCUT2D eigenvalue weighted by Gasteiger charge is -1.80. The molecular weight excluding hydrogens is 144 g/mol. The normalized spacial score (nSPS) is 10.5. The lowest BCUT2D eigenvalue weighted by molar-refractivity contribution is -0.113. The molecule has 0 fully saturated rings. The highest BCUT2D eigenvalue weighted by Gasteiger charge is 1.91. The Hall–Kier alpha value is -1.78. The second kappa shape index (κ2) is 2.87. The molecule has 5 nitrogen and oxygen atoms in total. The van der Waals surface area contributed by atoms with Gasteiger partial charge in [-0.2, -0.15) is 5.10 Å². The van der Waals surface area contributed by atoms with E-state index in [9.17, 15) is 4.79 Å². The minimum atomic E-state index is -0.502. The van der Waals surface area contributed by atoms with E-state index in [1.165, 1.54) is 12.2 Å². The molecule has 1 aromatic heterocycles. The fraction of sp³-hybridized carbons (Fsp3) is 0. The third-order valence-corrected chi connectivity index (χ3v) is 1.04. The van der Waals surface area contributed by atoms with Crippen LogP contribution in [0.2, 0.25) is 0 Å². The smallest absolute Gasteiger partial charge is 0.241 e. The molecule has 0 aliphatic rings. The minimum absolute atomic E-state index is 0.383. The van der Waals surface area contributed by atoms with Crippen LogP contribution in [0, 0.1) is 0 Å². The number of aromatic nitrogens is 2. The molecule has 0 aliphatic heterocycles. The summed E-state index contributed by atoms with van der Waals surface area (Å²) in [4.78, 5) is 10.2. The van der Waals surface area contributed by atoms with Crippen LogP contribution in [0.15, 0.2) is 12.1 Å². The maximum Gasteiger partial charge on any atom is 0.241 e. The standard InChI is InChI=1S/C6H8N4O/c7-5-3-4(9-10-5)1-2-6(8)11/h1-3H,(H2,8,11)(H3,7,9,10). The average molecular weight is 152 g/mol. The first-order valence-corrected chi connectivity index (χ1v) is 2.97. The molecule has 0 aliphatic carbocycles. The van der Waals surface area contributed by atoms with Crippen molar-refractivity contribution in [3.05, 3.63) is 17.8 Å². The average Bonchev–Trinajstić information content (AvgIpc) is 2.31. The molecule has 0 aromatic carbocycles. The summed E-state index contributed by atoms with van der Waals surface area (Å²) in [6.07, 6.45) is 2.73. The number of anilines is 1. The van der Waals surface area contributed by atoms with Crippen molar-refractivity contribution < 1.29 is 4.79 Å². The number of carbonyl (C=O) groups is 1. The summed E-state index contributed by atoms with van der Waals surface area (Å²) in [5.74, 6) is -0.118. The Labute approximate surface area is 63.1 Å². The molecule has 1 heterocycles. The number of nitrogens with zero attached hydrogens (tertiary/aromatic N) is 1. The van der Waals surface area contributed by atoms with Crippen LogP contribution in [-0.2, 0) is 4.79 Å². The van der Waals surface area contributed by atoms with Crippen LogP contribution in [-0.4, -0.2) is 16.1 Å². The van der Waals surface area contributed by atoms with E-state index in [1.807, 2.05) is 0 Å². The van der Waals surface area contributed by atoms with Gasteiger partial charge in [0.05, 0.1) is 5.69 Å². The summed E-state index contributed by atoms with van der Waals surface area (Å²) in [6.45, 7) is 0. The van der Waals surface area contributed by atoms with Crippen molar-refractivity contribution in [2.75, 3.05) is 5.73 Å². The third kappa shape index (κ3) is 2.13. The molecule has 0 saturated heterocycles. The van der Waals surface area contributed by atoms with Crippen LogP contribution >= 0.6 is 0 Å². The van der Waals surface area contributed by atoms with Crippen LogP contribution in [0.5, 0.6) is 0 Å². The van der Waals surface area contributed by atoms with Gasteiger partial charge in [-0.1, -0.05) is 0 Å². The van der Waals surface area contributed by atoms with Gasteiger partial charge < -0.3 is 11.5 Å². The van der Waals surface area contributed by atoms with Gasteiger partial charge in [0.15, 0.2) is 0 Å². The Morgan fingerprint density at radius 3 is 2.91 bits per heavy atom. The highest BCUT2D eigenvalue weighted by molar-refractivity contribution is 5.90. The van der Waals surface area contributed by atoms with Crippen LogP contribution in [0.1, 0.15) is 5.69 Å². The summed E-state index contributed by atoms with van der Waals surface area (Å²) >= 11 is 0. The summed E-state index contributed by atoms with van der Waals surface area (Å²) in [5.41, 5.74) is 10.8. The highest BCUT2D eigenvalue weighted by Crippen LogP contribution is 2.01. The lowest BCUT2D eigenvalue weighted by atomic mass is 10.4. The van der Waals surface area contributed by atoms with E-state index >= 15 is 0 Å². The number of nitrogens with one attached hydrogen (secondary N) is 1. The number of nitrogen functional groups attached to an aromatic ring is 1. The zero-order valence-corrected chi connectivity index (χ0v) is 5.74. The van der Waals surface area contributed by atoms with Gasteiger partial charge in [-0.25, -0.2) is 0 Å². The SMILES string of the molecule is NC(=O)C=Cc1cc(N)n[nH]1. The van der Waals surface area contributed by atoms with Gasteiger partial charge in [0, 0.05) is 12.1 Å². The van der Waals surface area contributed by atoms with Crippen LogP contribution in [0.4, 0.5) is 5.82 Å². The van der Waals surface area contributed by atoms with E-state index in [-0.39, 0.29) is 0 Å². The second-order valence-corrected chi connectivity index (χ2v) is 1.98. The quantitative estimate of drug-likeness (QED) is 0.498. The first-order chi connectivity index (χ1) is 5.18. The fourth-order valence-corrected chi connectivity index (χ4v) is 0.610. The van der Waals surface area contributed by atoms with Crippen LogP contribution in [0.25, 0.3) is 6.08 Å². The number of rotatable bonds is 2. The van der Waals surface area contributed by atoms with Crippen LogP contribution < -0.4 is 11.5 Å². The molecule has 0 unspecified atom stereocenters. The molecule has 0 radical (unpaired) electrons. The number of H-pyrrole nitrogens is 1. The molecule has 1 amide bonds. The Morgan fingerprint density at radius 1 is 1.73 bits per heavy atom. The molecule has 1 rings (SSSR count). The van der Waals surface area contributed by atoms with Crippen molar-refractivity contribution in [1.29, 1.82) is 0 Å². The molecular formula is C6H8N4O. The molecule has 11 heavy (non-hydrogen) atoms. The number of aromatic amines is 1. The van der Waals surface area contributed by atoms with Crippen molar-refractivity contribution in [2.24, 2.45) is 5.73 Å². The number of hydrogen-bond acceptors (Lipinski definition) is 3.